The van der Waals surface area contributed by atoms with Crippen LogP contribution in [0.2, 0.25) is 0 Å². The highest BCUT2D eigenvalue weighted by atomic mass is 32.2. The van der Waals surface area contributed by atoms with Gasteiger partial charge >= 0.3 is 5.97 Å². The van der Waals surface area contributed by atoms with Crippen LogP contribution in [-0.4, -0.2) is 104 Å². The predicted molar refractivity (Wildman–Crippen MR) is 151 cm³/mol. The number of fused-ring (bicyclic) bond motifs is 1. The molecule has 2 aromatic rings. The number of nitrogens with one attached hydrogen (secondary N) is 1. The number of nitrogens with two attached hydrogens (primary N) is 1. The topological polar surface area (TPSA) is 212 Å². The van der Waals surface area contributed by atoms with E-state index in [1.54, 1.807) is 25.7 Å². The van der Waals surface area contributed by atoms with E-state index in [9.17, 15) is 34.3 Å². The fourth-order valence-corrected chi connectivity index (χ4v) is 6.58. The number of oxime groups is 1. The van der Waals surface area contributed by atoms with Gasteiger partial charge in [-0.25, -0.2) is 14.8 Å². The fraction of sp³-hybridized carbons (Fsp3) is 0.304. The van der Waals surface area contributed by atoms with Crippen LogP contribution in [0.25, 0.3) is 0 Å². The number of hydrogen-bond acceptors (Lipinski definition) is 13. The fourth-order valence-electron chi connectivity index (χ4n) is 4.06. The van der Waals surface area contributed by atoms with Gasteiger partial charge in [0, 0.05) is 48.9 Å². The standard InChI is InChI=1S/C20H17N7O6S3.C3H7NO/c21-19-23-10(7-36-19)11(25-33)14(28)24-12-16(30)27-13(18(31)32)9(6-35-17(12)27)5-8-1-3-26(15(8)29)20-22-2-4-34-20;1-4(2)3-5/h2,4-5,7,12,17,33H,1,3,6H2,(H2,21,23)(H,24,28)(H,31,32);3H,1-2H3/t12-,17-;/m1./s1. The highest BCUT2D eigenvalue weighted by Gasteiger charge is 2.54. The Bertz CT molecular complexity index is 1470. The van der Waals surface area contributed by atoms with Crippen LogP contribution < -0.4 is 16.0 Å². The third-order valence-corrected chi connectivity index (χ3v) is 8.67. The first-order valence-corrected chi connectivity index (χ1v) is 14.6. The van der Waals surface area contributed by atoms with Crippen LogP contribution in [0.15, 0.2) is 45.0 Å². The van der Waals surface area contributed by atoms with E-state index in [0.29, 0.717) is 29.2 Å². The Labute approximate surface area is 245 Å². The first-order chi connectivity index (χ1) is 19.6. The first-order valence-electron chi connectivity index (χ1n) is 11.8. The molecule has 0 aromatic carbocycles. The monoisotopic (exact) mass is 620 g/mol. The molecule has 0 aliphatic carbocycles. The zero-order valence-electron chi connectivity index (χ0n) is 21.6. The maximum Gasteiger partial charge on any atom is 0.352 e. The van der Waals surface area contributed by atoms with Gasteiger partial charge in [0.15, 0.2) is 16.0 Å². The average molecular weight is 621 g/mol. The van der Waals surface area contributed by atoms with Crippen LogP contribution in [0.5, 0.6) is 0 Å². The number of nitrogen functional groups attached to an aromatic ring is 1. The Balaban J connectivity index is 0.000000714. The molecule has 2 atom stereocenters. The predicted octanol–water partition coefficient (Wildman–Crippen LogP) is 0.166. The number of aromatic nitrogens is 2. The van der Waals surface area contributed by atoms with Crippen molar-refractivity contribution in [1.82, 2.24) is 25.1 Å². The summed E-state index contributed by atoms with van der Waals surface area (Å²) in [5.41, 5.74) is 5.72. The highest BCUT2D eigenvalue weighted by Crippen LogP contribution is 2.41. The van der Waals surface area contributed by atoms with Crippen LogP contribution in [0, 0.1) is 0 Å². The number of allylic oxidation sites excluding steroid dienone is 1. The smallest absolute Gasteiger partial charge is 0.352 e. The molecule has 0 saturated carbocycles. The molecule has 0 unspecified atom stereocenters. The molecule has 216 valence electrons. The Morgan fingerprint density at radius 2 is 2.02 bits per heavy atom. The molecule has 0 radical (unpaired) electrons. The number of nitrogens with zero attached hydrogens (tertiary/aromatic N) is 6. The second-order valence-corrected chi connectivity index (χ2v) is 11.7. The minimum absolute atomic E-state index is 0.0467. The van der Waals surface area contributed by atoms with Gasteiger partial charge in [0.25, 0.3) is 17.7 Å². The van der Waals surface area contributed by atoms with E-state index in [0.717, 1.165) is 22.6 Å². The normalized spacial score (nSPS) is 21.2. The van der Waals surface area contributed by atoms with Crippen molar-refractivity contribution in [2.24, 2.45) is 5.16 Å². The zero-order valence-corrected chi connectivity index (χ0v) is 24.0. The van der Waals surface area contributed by atoms with Crippen molar-refractivity contribution in [3.8, 4) is 0 Å². The van der Waals surface area contributed by atoms with Crippen LogP contribution in [0.3, 0.4) is 0 Å². The van der Waals surface area contributed by atoms with Crippen molar-refractivity contribution < 1.29 is 34.3 Å². The van der Waals surface area contributed by atoms with Crippen LogP contribution in [0.1, 0.15) is 12.1 Å². The van der Waals surface area contributed by atoms with E-state index in [4.69, 9.17) is 5.73 Å². The molecule has 41 heavy (non-hydrogen) atoms. The summed E-state index contributed by atoms with van der Waals surface area (Å²) in [7, 11) is 3.38. The van der Waals surface area contributed by atoms with Crippen LogP contribution in [0.4, 0.5) is 10.3 Å². The van der Waals surface area contributed by atoms with Gasteiger partial charge in [-0.2, -0.15) is 0 Å². The van der Waals surface area contributed by atoms with E-state index in [2.05, 4.69) is 20.4 Å². The van der Waals surface area contributed by atoms with E-state index < -0.39 is 34.9 Å². The first kappa shape index (κ1) is 29.7. The van der Waals surface area contributed by atoms with E-state index >= 15 is 0 Å². The minimum atomic E-state index is -1.32. The molecule has 2 saturated heterocycles. The van der Waals surface area contributed by atoms with Gasteiger partial charge in [-0.1, -0.05) is 5.16 Å². The second-order valence-electron chi connectivity index (χ2n) is 8.82. The molecule has 2 fully saturated rings. The molecule has 3 aliphatic rings. The van der Waals surface area contributed by atoms with Crippen LogP contribution >= 0.6 is 34.4 Å². The van der Waals surface area contributed by atoms with Gasteiger partial charge in [-0.05, 0) is 18.1 Å². The molecular formula is C23H24N8O7S3. The number of carbonyl (C=O) groups is 5. The summed E-state index contributed by atoms with van der Waals surface area (Å²) in [4.78, 5) is 72.1. The molecule has 4 amide bonds. The number of aliphatic carboxylic acids is 1. The maximum absolute atomic E-state index is 12.9. The third-order valence-electron chi connectivity index (χ3n) is 5.90. The van der Waals surface area contributed by atoms with E-state index in [-0.39, 0.29) is 28.2 Å². The van der Waals surface area contributed by atoms with E-state index in [1.807, 2.05) is 0 Å². The maximum atomic E-state index is 12.9. The molecule has 15 nitrogen and oxygen atoms in total. The Morgan fingerprint density at radius 1 is 1.29 bits per heavy atom. The van der Waals surface area contributed by atoms with E-state index in [1.165, 1.54) is 44.4 Å². The Morgan fingerprint density at radius 3 is 2.59 bits per heavy atom. The average Bonchev–Trinajstić information content (AvgIpc) is 3.70. The van der Waals surface area contributed by atoms with Crippen molar-refractivity contribution in [2.45, 2.75) is 17.8 Å². The number of β-lactam (4-membered cyclic amide) rings is 1. The minimum Gasteiger partial charge on any atom is -0.477 e. The molecule has 0 spiro atoms. The summed E-state index contributed by atoms with van der Waals surface area (Å²) in [6.45, 7) is 0.430. The van der Waals surface area contributed by atoms with Crippen LogP contribution in [-0.2, 0) is 24.0 Å². The lowest BCUT2D eigenvalue weighted by atomic mass is 10.0. The van der Waals surface area contributed by atoms with Crippen molar-refractivity contribution in [2.75, 3.05) is 37.0 Å². The second kappa shape index (κ2) is 12.5. The number of rotatable bonds is 7. The molecule has 18 heteroatoms. The summed E-state index contributed by atoms with van der Waals surface area (Å²) in [5, 5.41) is 27.9. The molecule has 5 N–H and O–H groups in total. The number of hydrogen-bond donors (Lipinski definition) is 4. The number of anilines is 2. The van der Waals surface area contributed by atoms with Gasteiger partial charge in [-0.3, -0.25) is 29.0 Å². The summed E-state index contributed by atoms with van der Waals surface area (Å²) >= 11 is 3.63. The number of thioether (sulfide) groups is 1. The summed E-state index contributed by atoms with van der Waals surface area (Å²) < 4.78 is 0. The largest absolute Gasteiger partial charge is 0.477 e. The molecule has 2 aromatic heterocycles. The Kier molecular flexibility index (Phi) is 9.04. The number of carbonyl (C=O) groups excluding carboxylic acids is 4. The third kappa shape index (κ3) is 6.08. The summed E-state index contributed by atoms with van der Waals surface area (Å²) in [6, 6.07) is -1.03. The molecule has 0 bridgehead atoms. The lowest BCUT2D eigenvalue weighted by Crippen LogP contribution is -2.71. The van der Waals surface area contributed by atoms with Gasteiger partial charge in [-0.15, -0.1) is 34.4 Å². The van der Waals surface area contributed by atoms with Crippen molar-refractivity contribution in [1.29, 1.82) is 0 Å². The number of amides is 4. The highest BCUT2D eigenvalue weighted by molar-refractivity contribution is 8.00. The van der Waals surface area contributed by atoms with Gasteiger partial charge in [0.05, 0.1) is 0 Å². The van der Waals surface area contributed by atoms with Crippen molar-refractivity contribution >= 4 is 80.5 Å². The molecule has 5 heterocycles. The Hall–Kier alpha value is -4.29. The van der Waals surface area contributed by atoms with Gasteiger partial charge in [0.2, 0.25) is 6.41 Å². The van der Waals surface area contributed by atoms with Gasteiger partial charge < -0.3 is 26.3 Å². The molecule has 5 rings (SSSR count). The molecular weight excluding hydrogens is 597 g/mol. The van der Waals surface area contributed by atoms with Crippen molar-refractivity contribution in [3.05, 3.63) is 45.6 Å². The molecule has 3 aliphatic heterocycles. The lowest BCUT2D eigenvalue weighted by molar-refractivity contribution is -0.150. The summed E-state index contributed by atoms with van der Waals surface area (Å²) in [5.74, 6) is -2.85. The number of carboxylic acid groups (broad SMARTS) is 1. The zero-order chi connectivity index (χ0) is 29.8. The lowest BCUT2D eigenvalue weighted by Gasteiger charge is -2.49. The number of carboxylic acids is 1. The quantitative estimate of drug-likeness (QED) is 0.0818. The SMILES string of the molecule is CN(C)C=O.Nc1nc(C(=NO)C(=O)N[C@@H]2C(=O)N3C(C(=O)O)=C(C=C4CCN(c5nccs5)C4=O)CS[C@H]23)cs1. The van der Waals surface area contributed by atoms with Gasteiger partial charge in [0.1, 0.15) is 22.8 Å². The number of thiazole rings is 2. The summed E-state index contributed by atoms with van der Waals surface area (Å²) in [6.07, 6.45) is 4.30. The van der Waals surface area contributed by atoms with Crippen molar-refractivity contribution in [3.63, 3.8) is 0 Å².